The molecule has 0 amide bonds. The SMILES string of the molecule is CCc1cc(C(C)(C)CC(C)(C)C)ccc1OCCO. The lowest BCUT2D eigenvalue weighted by atomic mass is 9.72. The summed E-state index contributed by atoms with van der Waals surface area (Å²) in [6.45, 7) is 14.0. The van der Waals surface area contributed by atoms with E-state index in [4.69, 9.17) is 9.84 Å². The molecule has 0 heterocycles. The van der Waals surface area contributed by atoms with Crippen LogP contribution in [0.1, 0.15) is 59.1 Å². The highest BCUT2D eigenvalue weighted by molar-refractivity contribution is 5.40. The summed E-state index contributed by atoms with van der Waals surface area (Å²) in [6, 6.07) is 6.48. The fourth-order valence-electron chi connectivity index (χ4n) is 3.00. The van der Waals surface area contributed by atoms with E-state index in [1.165, 1.54) is 11.1 Å². The zero-order chi connectivity index (χ0) is 15.4. The van der Waals surface area contributed by atoms with Crippen molar-refractivity contribution >= 4 is 0 Å². The third kappa shape index (κ3) is 4.82. The van der Waals surface area contributed by atoms with Gasteiger partial charge in [0.05, 0.1) is 6.61 Å². The van der Waals surface area contributed by atoms with Gasteiger partial charge in [0.25, 0.3) is 0 Å². The minimum Gasteiger partial charge on any atom is -0.491 e. The van der Waals surface area contributed by atoms with Crippen LogP contribution in [0.25, 0.3) is 0 Å². The van der Waals surface area contributed by atoms with Crippen LogP contribution in [0, 0.1) is 5.41 Å². The predicted octanol–water partition coefficient (Wildman–Crippen LogP) is 4.33. The van der Waals surface area contributed by atoms with Crippen LogP contribution >= 0.6 is 0 Å². The Hall–Kier alpha value is -1.02. The molecule has 0 aliphatic rings. The van der Waals surface area contributed by atoms with E-state index in [0.717, 1.165) is 18.6 Å². The van der Waals surface area contributed by atoms with Gasteiger partial charge >= 0.3 is 0 Å². The first kappa shape index (κ1) is 17.0. The van der Waals surface area contributed by atoms with Gasteiger partial charge in [-0.25, -0.2) is 0 Å². The second-order valence-corrected chi connectivity index (χ2v) is 7.37. The minimum absolute atomic E-state index is 0.0560. The van der Waals surface area contributed by atoms with Gasteiger partial charge in [-0.15, -0.1) is 0 Å². The predicted molar refractivity (Wildman–Crippen MR) is 85.5 cm³/mol. The lowest BCUT2D eigenvalue weighted by Crippen LogP contribution is -2.25. The molecule has 0 spiro atoms. The lowest BCUT2D eigenvalue weighted by Gasteiger charge is -2.33. The van der Waals surface area contributed by atoms with Crippen molar-refractivity contribution in [3.63, 3.8) is 0 Å². The maximum absolute atomic E-state index is 8.88. The first-order chi connectivity index (χ1) is 9.19. The van der Waals surface area contributed by atoms with Crippen LogP contribution in [-0.2, 0) is 11.8 Å². The van der Waals surface area contributed by atoms with Crippen molar-refractivity contribution in [3.05, 3.63) is 29.3 Å². The van der Waals surface area contributed by atoms with Gasteiger partial charge in [0, 0.05) is 0 Å². The molecule has 2 nitrogen and oxygen atoms in total. The maximum atomic E-state index is 8.88. The van der Waals surface area contributed by atoms with Gasteiger partial charge in [0.15, 0.2) is 0 Å². The Morgan fingerprint density at radius 1 is 1.10 bits per heavy atom. The average Bonchev–Trinajstić information content (AvgIpc) is 2.33. The van der Waals surface area contributed by atoms with E-state index in [2.05, 4.69) is 53.7 Å². The van der Waals surface area contributed by atoms with E-state index < -0.39 is 0 Å². The van der Waals surface area contributed by atoms with Crippen LogP contribution in [0.3, 0.4) is 0 Å². The molecule has 20 heavy (non-hydrogen) atoms. The molecule has 0 aliphatic heterocycles. The summed E-state index contributed by atoms with van der Waals surface area (Å²) in [7, 11) is 0. The highest BCUT2D eigenvalue weighted by atomic mass is 16.5. The van der Waals surface area contributed by atoms with E-state index in [-0.39, 0.29) is 12.0 Å². The molecule has 0 unspecified atom stereocenters. The summed E-state index contributed by atoms with van der Waals surface area (Å²) in [4.78, 5) is 0. The van der Waals surface area contributed by atoms with Crippen LogP contribution in [-0.4, -0.2) is 18.3 Å². The first-order valence-electron chi connectivity index (χ1n) is 7.56. The molecule has 0 aromatic heterocycles. The van der Waals surface area contributed by atoms with Crippen molar-refractivity contribution in [3.8, 4) is 5.75 Å². The number of aryl methyl sites for hydroxylation is 1. The van der Waals surface area contributed by atoms with Gasteiger partial charge in [0.1, 0.15) is 12.4 Å². The number of aliphatic hydroxyl groups excluding tert-OH is 1. The molecular formula is C18H30O2. The van der Waals surface area contributed by atoms with Crippen LogP contribution in [0.4, 0.5) is 0 Å². The van der Waals surface area contributed by atoms with Crippen molar-refractivity contribution in [2.45, 2.75) is 59.8 Å². The molecule has 1 aromatic carbocycles. The molecule has 0 saturated carbocycles. The summed E-state index contributed by atoms with van der Waals surface area (Å²) < 4.78 is 5.60. The molecule has 0 aliphatic carbocycles. The number of aliphatic hydroxyl groups is 1. The van der Waals surface area contributed by atoms with Crippen LogP contribution in [0.15, 0.2) is 18.2 Å². The third-order valence-corrected chi connectivity index (χ3v) is 3.54. The Labute approximate surface area is 124 Å². The van der Waals surface area contributed by atoms with E-state index in [1.54, 1.807) is 0 Å². The van der Waals surface area contributed by atoms with Gasteiger partial charge in [-0.1, -0.05) is 53.7 Å². The maximum Gasteiger partial charge on any atom is 0.122 e. The average molecular weight is 278 g/mol. The second kappa shape index (κ2) is 6.62. The topological polar surface area (TPSA) is 29.5 Å². The molecule has 114 valence electrons. The molecule has 1 N–H and O–H groups in total. The number of rotatable bonds is 6. The second-order valence-electron chi connectivity index (χ2n) is 7.37. The van der Waals surface area contributed by atoms with Crippen LogP contribution in [0.2, 0.25) is 0 Å². The van der Waals surface area contributed by atoms with E-state index >= 15 is 0 Å². The van der Waals surface area contributed by atoms with E-state index in [0.29, 0.717) is 12.0 Å². The highest BCUT2D eigenvalue weighted by Crippen LogP contribution is 2.37. The standard InChI is InChI=1S/C18H30O2/c1-7-14-12-15(8-9-16(14)20-11-10-19)18(5,6)13-17(2,3)4/h8-9,12,19H,7,10-11,13H2,1-6H3. The van der Waals surface area contributed by atoms with Crippen molar-refractivity contribution in [2.24, 2.45) is 5.41 Å². The first-order valence-corrected chi connectivity index (χ1v) is 7.56. The summed E-state index contributed by atoms with van der Waals surface area (Å²) in [5.41, 5.74) is 3.04. The van der Waals surface area contributed by atoms with E-state index in [9.17, 15) is 0 Å². The summed E-state index contributed by atoms with van der Waals surface area (Å²) >= 11 is 0. The summed E-state index contributed by atoms with van der Waals surface area (Å²) in [5, 5.41) is 8.88. The van der Waals surface area contributed by atoms with Gasteiger partial charge in [0.2, 0.25) is 0 Å². The van der Waals surface area contributed by atoms with Crippen molar-refractivity contribution in [1.82, 2.24) is 0 Å². The van der Waals surface area contributed by atoms with Crippen molar-refractivity contribution in [2.75, 3.05) is 13.2 Å². The molecule has 0 radical (unpaired) electrons. The molecule has 0 atom stereocenters. The number of hydrogen-bond acceptors (Lipinski definition) is 2. The van der Waals surface area contributed by atoms with Crippen LogP contribution < -0.4 is 4.74 Å². The lowest BCUT2D eigenvalue weighted by molar-refractivity contribution is 0.200. The molecule has 0 saturated heterocycles. The van der Waals surface area contributed by atoms with Gasteiger partial charge in [-0.3, -0.25) is 0 Å². The fraction of sp³-hybridized carbons (Fsp3) is 0.667. The molecule has 1 rings (SSSR count). The highest BCUT2D eigenvalue weighted by Gasteiger charge is 2.27. The quantitative estimate of drug-likeness (QED) is 0.839. The Kier molecular flexibility index (Phi) is 5.64. The number of hydrogen-bond donors (Lipinski definition) is 1. The fourth-order valence-corrected chi connectivity index (χ4v) is 3.00. The van der Waals surface area contributed by atoms with Gasteiger partial charge in [-0.05, 0) is 40.9 Å². The number of ether oxygens (including phenoxy) is 1. The molecule has 2 heteroatoms. The zero-order valence-electron chi connectivity index (χ0n) is 13.9. The Morgan fingerprint density at radius 3 is 2.25 bits per heavy atom. The largest absolute Gasteiger partial charge is 0.491 e. The monoisotopic (exact) mass is 278 g/mol. The normalized spacial score (nSPS) is 12.6. The smallest absolute Gasteiger partial charge is 0.122 e. The summed E-state index contributed by atoms with van der Waals surface area (Å²) in [5.74, 6) is 0.900. The Morgan fingerprint density at radius 2 is 1.75 bits per heavy atom. The Balaban J connectivity index is 3.02. The molecule has 0 fully saturated rings. The zero-order valence-corrected chi connectivity index (χ0v) is 13.9. The molecule has 1 aromatic rings. The van der Waals surface area contributed by atoms with Crippen LogP contribution in [0.5, 0.6) is 5.75 Å². The van der Waals surface area contributed by atoms with Gasteiger partial charge in [-0.2, -0.15) is 0 Å². The van der Waals surface area contributed by atoms with Gasteiger partial charge < -0.3 is 9.84 Å². The Bertz CT molecular complexity index is 428. The minimum atomic E-state index is 0.0560. The molecular weight excluding hydrogens is 248 g/mol. The third-order valence-electron chi connectivity index (χ3n) is 3.54. The van der Waals surface area contributed by atoms with Crippen molar-refractivity contribution < 1.29 is 9.84 Å². The molecule has 0 bridgehead atoms. The van der Waals surface area contributed by atoms with E-state index in [1.807, 2.05) is 6.07 Å². The summed E-state index contributed by atoms with van der Waals surface area (Å²) in [6.07, 6.45) is 2.08. The van der Waals surface area contributed by atoms with Crippen molar-refractivity contribution in [1.29, 1.82) is 0 Å². The number of benzene rings is 1.